The van der Waals surface area contributed by atoms with Gasteiger partial charge in [0.1, 0.15) is 17.9 Å². The molecule has 4 rings (SSSR count). The number of halogens is 4. The average Bonchev–Trinajstić information content (AvgIpc) is 3.22. The van der Waals surface area contributed by atoms with Crippen LogP contribution in [0.5, 0.6) is 0 Å². The third-order valence-electron chi connectivity index (χ3n) is 5.27. The molecule has 0 spiro atoms. The number of amides is 2. The summed E-state index contributed by atoms with van der Waals surface area (Å²) >= 11 is 0. The molecule has 0 aliphatic rings. The minimum atomic E-state index is -4.53. The molecule has 1 heterocycles. The number of benzene rings is 3. The van der Waals surface area contributed by atoms with Gasteiger partial charge in [0.2, 0.25) is 5.89 Å². The van der Waals surface area contributed by atoms with Crippen molar-refractivity contribution in [2.45, 2.75) is 19.6 Å². The van der Waals surface area contributed by atoms with Crippen LogP contribution < -0.4 is 5.32 Å². The van der Waals surface area contributed by atoms with E-state index in [0.29, 0.717) is 16.7 Å². The largest absolute Gasteiger partial charge is 0.480 e. The van der Waals surface area contributed by atoms with Crippen molar-refractivity contribution in [3.8, 4) is 11.5 Å². The van der Waals surface area contributed by atoms with Gasteiger partial charge in [-0.1, -0.05) is 18.2 Å². The summed E-state index contributed by atoms with van der Waals surface area (Å²) in [6, 6.07) is 12.3. The maximum atomic E-state index is 14.8. The third-order valence-corrected chi connectivity index (χ3v) is 5.27. The van der Waals surface area contributed by atoms with Crippen LogP contribution in [0.1, 0.15) is 16.7 Å². The first-order chi connectivity index (χ1) is 17.0. The zero-order chi connectivity index (χ0) is 26.0. The molecule has 11 heteroatoms. The maximum absolute atomic E-state index is 14.8. The summed E-state index contributed by atoms with van der Waals surface area (Å²) < 4.78 is 58.8. The van der Waals surface area contributed by atoms with Crippen molar-refractivity contribution in [3.63, 3.8) is 0 Å². The van der Waals surface area contributed by atoms with Gasteiger partial charge >= 0.3 is 18.2 Å². The number of fused-ring (bicyclic) bond motifs is 1. The molecule has 0 radical (unpaired) electrons. The molecule has 186 valence electrons. The number of carbonyl (C=O) groups excluding carboxylic acids is 1. The van der Waals surface area contributed by atoms with Crippen molar-refractivity contribution in [2.75, 3.05) is 11.9 Å². The molecular weight excluding hydrogens is 482 g/mol. The Morgan fingerprint density at radius 2 is 1.78 bits per heavy atom. The molecule has 0 atom stereocenters. The second-order valence-electron chi connectivity index (χ2n) is 8.06. The number of aryl methyl sites for hydroxylation is 1. The molecule has 2 amide bonds. The number of carboxylic acids is 1. The molecule has 4 aromatic rings. The van der Waals surface area contributed by atoms with Gasteiger partial charge in [-0.25, -0.2) is 14.2 Å². The Hall–Kier alpha value is -4.41. The Labute approximate surface area is 202 Å². The number of aliphatic carboxylic acids is 1. The van der Waals surface area contributed by atoms with Gasteiger partial charge < -0.3 is 19.7 Å². The van der Waals surface area contributed by atoms with E-state index in [4.69, 9.17) is 9.52 Å². The summed E-state index contributed by atoms with van der Waals surface area (Å²) in [4.78, 5) is 29.1. The predicted octanol–water partition coefficient (Wildman–Crippen LogP) is 6.08. The van der Waals surface area contributed by atoms with Crippen molar-refractivity contribution in [2.24, 2.45) is 0 Å². The SMILES string of the molecule is Cc1ccc2oc(-c3ccc(NC(=O)N(CC(=O)O)Cc4ccc(C(F)(F)F)cc4)c(F)c3)nc2c1. The number of carbonyl (C=O) groups is 2. The maximum Gasteiger partial charge on any atom is 0.416 e. The number of aromatic nitrogens is 1. The highest BCUT2D eigenvalue weighted by atomic mass is 19.4. The van der Waals surface area contributed by atoms with Crippen molar-refractivity contribution in [1.82, 2.24) is 9.88 Å². The number of hydrogen-bond donors (Lipinski definition) is 2. The van der Waals surface area contributed by atoms with Gasteiger partial charge in [0.15, 0.2) is 5.58 Å². The summed E-state index contributed by atoms with van der Waals surface area (Å²) in [6.07, 6.45) is -4.53. The third kappa shape index (κ3) is 5.62. The average molecular weight is 501 g/mol. The molecule has 0 aliphatic heterocycles. The summed E-state index contributed by atoms with van der Waals surface area (Å²) in [5.41, 5.74) is 1.60. The van der Waals surface area contributed by atoms with E-state index in [0.717, 1.165) is 40.8 Å². The van der Waals surface area contributed by atoms with Gasteiger partial charge in [-0.15, -0.1) is 0 Å². The first-order valence-electron chi connectivity index (χ1n) is 10.6. The fourth-order valence-corrected chi connectivity index (χ4v) is 3.49. The highest BCUT2D eigenvalue weighted by Gasteiger charge is 2.30. The molecule has 3 aromatic carbocycles. The van der Waals surface area contributed by atoms with Gasteiger partial charge in [-0.3, -0.25) is 4.79 Å². The van der Waals surface area contributed by atoms with Gasteiger partial charge in [-0.05, 0) is 60.5 Å². The quantitative estimate of drug-likeness (QED) is 0.312. The molecule has 0 saturated heterocycles. The molecule has 36 heavy (non-hydrogen) atoms. The van der Waals surface area contributed by atoms with E-state index >= 15 is 0 Å². The van der Waals surface area contributed by atoms with Crippen molar-refractivity contribution in [1.29, 1.82) is 0 Å². The zero-order valence-corrected chi connectivity index (χ0v) is 18.8. The molecule has 0 unspecified atom stereocenters. The molecule has 0 aliphatic carbocycles. The normalized spacial score (nSPS) is 11.5. The molecule has 0 saturated carbocycles. The van der Waals surface area contributed by atoms with E-state index in [2.05, 4.69) is 10.3 Å². The summed E-state index contributed by atoms with van der Waals surface area (Å²) in [5, 5.41) is 11.5. The standard InChI is InChI=1S/C25H19F4N3O4/c1-14-2-9-21-20(10-14)30-23(36-21)16-5-8-19(18(26)11-16)31-24(35)32(13-22(33)34)12-15-3-6-17(7-4-15)25(27,28)29/h2-11H,12-13H2,1H3,(H,31,35)(H,33,34). The fourth-order valence-electron chi connectivity index (χ4n) is 3.49. The van der Waals surface area contributed by atoms with E-state index in [1.807, 2.05) is 19.1 Å². The number of carboxylic acid groups (broad SMARTS) is 1. The lowest BCUT2D eigenvalue weighted by Gasteiger charge is -2.22. The lowest BCUT2D eigenvalue weighted by Crippen LogP contribution is -2.38. The Morgan fingerprint density at radius 3 is 2.42 bits per heavy atom. The second kappa shape index (κ2) is 9.68. The van der Waals surface area contributed by atoms with Crippen LogP contribution >= 0.6 is 0 Å². The van der Waals surface area contributed by atoms with Crippen LogP contribution in [-0.2, 0) is 17.5 Å². The van der Waals surface area contributed by atoms with Crippen LogP contribution in [0.4, 0.5) is 28.0 Å². The highest BCUT2D eigenvalue weighted by molar-refractivity contribution is 5.91. The van der Waals surface area contributed by atoms with Crippen LogP contribution in [0.15, 0.2) is 65.1 Å². The van der Waals surface area contributed by atoms with Crippen LogP contribution in [0.2, 0.25) is 0 Å². The molecule has 7 nitrogen and oxygen atoms in total. The molecule has 1 aromatic heterocycles. The molecule has 0 fully saturated rings. The summed E-state index contributed by atoms with van der Waals surface area (Å²) in [5.74, 6) is -1.98. The van der Waals surface area contributed by atoms with Gasteiger partial charge in [0, 0.05) is 12.1 Å². The Bertz CT molecular complexity index is 1430. The van der Waals surface area contributed by atoms with Crippen LogP contribution in [0, 0.1) is 12.7 Å². The number of nitrogens with one attached hydrogen (secondary N) is 1. The molecule has 2 N–H and O–H groups in total. The Morgan fingerprint density at radius 1 is 1.06 bits per heavy atom. The van der Waals surface area contributed by atoms with E-state index < -0.39 is 36.1 Å². The fraction of sp³-hybridized carbons (Fsp3) is 0.160. The second-order valence-corrected chi connectivity index (χ2v) is 8.06. The van der Waals surface area contributed by atoms with E-state index in [1.54, 1.807) is 6.07 Å². The smallest absolute Gasteiger partial charge is 0.416 e. The summed E-state index contributed by atoms with van der Waals surface area (Å²) in [6.45, 7) is 0.837. The van der Waals surface area contributed by atoms with E-state index in [-0.39, 0.29) is 23.7 Å². The first-order valence-corrected chi connectivity index (χ1v) is 10.6. The Kier molecular flexibility index (Phi) is 6.65. The summed E-state index contributed by atoms with van der Waals surface area (Å²) in [7, 11) is 0. The highest BCUT2D eigenvalue weighted by Crippen LogP contribution is 2.30. The molecule has 0 bridgehead atoms. The van der Waals surface area contributed by atoms with Gasteiger partial charge in [0.25, 0.3) is 0 Å². The lowest BCUT2D eigenvalue weighted by molar-refractivity contribution is -0.138. The number of anilines is 1. The van der Waals surface area contributed by atoms with Crippen molar-refractivity contribution < 1.29 is 36.7 Å². The monoisotopic (exact) mass is 501 g/mol. The topological polar surface area (TPSA) is 95.7 Å². The lowest BCUT2D eigenvalue weighted by atomic mass is 10.1. The number of hydrogen-bond acceptors (Lipinski definition) is 4. The number of rotatable bonds is 6. The van der Waals surface area contributed by atoms with Crippen LogP contribution in [-0.4, -0.2) is 33.5 Å². The molecular formula is C25H19F4N3O4. The van der Waals surface area contributed by atoms with Crippen molar-refractivity contribution in [3.05, 3.63) is 83.2 Å². The first kappa shape index (κ1) is 24.7. The van der Waals surface area contributed by atoms with Gasteiger partial charge in [0.05, 0.1) is 11.3 Å². The van der Waals surface area contributed by atoms with Gasteiger partial charge in [-0.2, -0.15) is 13.2 Å². The van der Waals surface area contributed by atoms with Crippen LogP contribution in [0.3, 0.4) is 0 Å². The van der Waals surface area contributed by atoms with E-state index in [1.165, 1.54) is 12.1 Å². The van der Waals surface area contributed by atoms with Crippen LogP contribution in [0.25, 0.3) is 22.6 Å². The number of oxazole rings is 1. The number of nitrogens with zero attached hydrogens (tertiary/aromatic N) is 2. The predicted molar refractivity (Wildman–Crippen MR) is 123 cm³/mol. The zero-order valence-electron chi connectivity index (χ0n) is 18.8. The number of urea groups is 1. The Balaban J connectivity index is 1.51. The van der Waals surface area contributed by atoms with E-state index in [9.17, 15) is 27.2 Å². The van der Waals surface area contributed by atoms with Crippen molar-refractivity contribution >= 4 is 28.8 Å². The number of alkyl halides is 3. The minimum Gasteiger partial charge on any atom is -0.480 e. The minimum absolute atomic E-state index is 0.183.